The van der Waals surface area contributed by atoms with E-state index in [1.165, 1.54) is 11.6 Å². The van der Waals surface area contributed by atoms with Gasteiger partial charge in [-0.3, -0.25) is 19.5 Å². The molecule has 1 aromatic carbocycles. The van der Waals surface area contributed by atoms with E-state index >= 15 is 0 Å². The van der Waals surface area contributed by atoms with Crippen LogP contribution in [-0.2, 0) is 16.1 Å². The fraction of sp³-hybridized carbons (Fsp3) is 0.381. The summed E-state index contributed by atoms with van der Waals surface area (Å²) in [5.74, 6) is -1.54. The number of amides is 2. The molecule has 7 heteroatoms. The van der Waals surface area contributed by atoms with E-state index in [9.17, 15) is 14.0 Å². The normalized spacial score (nSPS) is 15.2. The first-order valence-corrected chi connectivity index (χ1v) is 9.48. The van der Waals surface area contributed by atoms with E-state index < -0.39 is 17.6 Å². The van der Waals surface area contributed by atoms with Crippen LogP contribution in [0.4, 0.5) is 10.1 Å². The Hall–Kier alpha value is -2.80. The highest BCUT2D eigenvalue weighted by molar-refractivity contribution is 6.39. The first-order chi connectivity index (χ1) is 13.5. The monoisotopic (exact) mass is 384 g/mol. The molecule has 28 heavy (non-hydrogen) atoms. The Labute approximate surface area is 164 Å². The van der Waals surface area contributed by atoms with Crippen molar-refractivity contribution in [1.29, 1.82) is 0 Å². The van der Waals surface area contributed by atoms with Gasteiger partial charge in [0.1, 0.15) is 5.82 Å². The van der Waals surface area contributed by atoms with Gasteiger partial charge in [-0.15, -0.1) is 0 Å². The van der Waals surface area contributed by atoms with Crippen molar-refractivity contribution in [3.8, 4) is 0 Å². The second-order valence-electron chi connectivity index (χ2n) is 7.20. The van der Waals surface area contributed by atoms with E-state index in [-0.39, 0.29) is 5.69 Å². The van der Waals surface area contributed by atoms with Crippen LogP contribution in [0.1, 0.15) is 24.0 Å². The predicted molar refractivity (Wildman–Crippen MR) is 105 cm³/mol. The van der Waals surface area contributed by atoms with Gasteiger partial charge in [0.25, 0.3) is 0 Å². The van der Waals surface area contributed by atoms with Gasteiger partial charge in [0.15, 0.2) is 0 Å². The molecule has 0 bridgehead atoms. The predicted octanol–water partition coefficient (Wildman–Crippen LogP) is 2.50. The van der Waals surface area contributed by atoms with E-state index in [0.29, 0.717) is 18.0 Å². The molecule has 0 unspecified atom stereocenters. The second-order valence-corrected chi connectivity index (χ2v) is 7.20. The lowest BCUT2D eigenvalue weighted by atomic mass is 9.96. The average molecular weight is 384 g/mol. The third-order valence-electron chi connectivity index (χ3n) is 5.05. The zero-order chi connectivity index (χ0) is 19.9. The molecule has 2 heterocycles. The summed E-state index contributed by atoms with van der Waals surface area (Å²) in [4.78, 5) is 30.4. The standard InChI is InChI=1S/C21H25FN4O2/c1-15-2-3-18(12-19(15)22)25-21(28)20(27)24-13-16-6-10-26(11-7-16)14-17-4-8-23-9-5-17/h2-5,8-9,12,16H,6-7,10-11,13-14H2,1H3,(H,24,27)(H,25,28). The van der Waals surface area contributed by atoms with Crippen molar-refractivity contribution in [2.24, 2.45) is 5.92 Å². The number of hydrogen-bond donors (Lipinski definition) is 2. The first-order valence-electron chi connectivity index (χ1n) is 9.48. The van der Waals surface area contributed by atoms with Crippen molar-refractivity contribution in [2.75, 3.05) is 25.0 Å². The number of aromatic nitrogens is 1. The maximum absolute atomic E-state index is 13.5. The van der Waals surface area contributed by atoms with Crippen molar-refractivity contribution in [1.82, 2.24) is 15.2 Å². The number of likely N-dealkylation sites (tertiary alicyclic amines) is 1. The number of benzene rings is 1. The third kappa shape index (κ3) is 5.60. The Bertz CT molecular complexity index is 820. The number of nitrogens with zero attached hydrogens (tertiary/aromatic N) is 2. The van der Waals surface area contributed by atoms with Gasteiger partial charge in [0.2, 0.25) is 0 Å². The number of aryl methyl sites for hydroxylation is 1. The number of hydrogen-bond acceptors (Lipinski definition) is 4. The van der Waals surface area contributed by atoms with Gasteiger partial charge in [-0.05, 0) is 74.2 Å². The molecule has 2 aromatic rings. The van der Waals surface area contributed by atoms with Crippen LogP contribution in [0.3, 0.4) is 0 Å². The molecule has 1 aromatic heterocycles. The van der Waals surface area contributed by atoms with Crippen LogP contribution in [0.25, 0.3) is 0 Å². The van der Waals surface area contributed by atoms with Crippen LogP contribution in [0.5, 0.6) is 0 Å². The summed E-state index contributed by atoms with van der Waals surface area (Å²) in [5, 5.41) is 5.12. The number of pyridine rings is 1. The molecule has 1 fully saturated rings. The van der Waals surface area contributed by atoms with Crippen LogP contribution in [0, 0.1) is 18.7 Å². The smallest absolute Gasteiger partial charge is 0.313 e. The van der Waals surface area contributed by atoms with Gasteiger partial charge in [0, 0.05) is 31.2 Å². The lowest BCUT2D eigenvalue weighted by Gasteiger charge is -2.32. The molecule has 0 saturated carbocycles. The molecule has 0 spiro atoms. The molecule has 0 radical (unpaired) electrons. The van der Waals surface area contributed by atoms with Gasteiger partial charge >= 0.3 is 11.8 Å². The highest BCUT2D eigenvalue weighted by Gasteiger charge is 2.21. The molecule has 0 atom stereocenters. The topological polar surface area (TPSA) is 74.3 Å². The Balaban J connectivity index is 1.39. The molecule has 1 aliphatic rings. The summed E-state index contributed by atoms with van der Waals surface area (Å²) in [6.07, 6.45) is 5.54. The molecule has 1 saturated heterocycles. The molecule has 6 nitrogen and oxygen atoms in total. The van der Waals surface area contributed by atoms with Crippen LogP contribution < -0.4 is 10.6 Å². The van der Waals surface area contributed by atoms with Crippen molar-refractivity contribution in [3.05, 3.63) is 59.7 Å². The van der Waals surface area contributed by atoms with E-state index in [0.717, 1.165) is 32.5 Å². The summed E-state index contributed by atoms with van der Waals surface area (Å²) in [6.45, 7) is 4.92. The van der Waals surface area contributed by atoms with E-state index in [1.807, 2.05) is 12.1 Å². The number of nitrogens with one attached hydrogen (secondary N) is 2. The SMILES string of the molecule is Cc1ccc(NC(=O)C(=O)NCC2CCN(Cc3ccncc3)CC2)cc1F. The number of piperidine rings is 1. The van der Waals surface area contributed by atoms with Crippen molar-refractivity contribution >= 4 is 17.5 Å². The maximum Gasteiger partial charge on any atom is 0.313 e. The van der Waals surface area contributed by atoms with E-state index in [4.69, 9.17) is 0 Å². The van der Waals surface area contributed by atoms with Gasteiger partial charge in [-0.2, -0.15) is 0 Å². The zero-order valence-electron chi connectivity index (χ0n) is 16.0. The van der Waals surface area contributed by atoms with Crippen molar-refractivity contribution in [3.63, 3.8) is 0 Å². The molecule has 2 amide bonds. The van der Waals surface area contributed by atoms with E-state index in [1.54, 1.807) is 31.5 Å². The highest BCUT2D eigenvalue weighted by atomic mass is 19.1. The van der Waals surface area contributed by atoms with Crippen LogP contribution in [0.15, 0.2) is 42.7 Å². The maximum atomic E-state index is 13.5. The molecule has 1 aliphatic heterocycles. The number of carbonyl (C=O) groups excluding carboxylic acids is 2. The van der Waals surface area contributed by atoms with Gasteiger partial charge in [-0.1, -0.05) is 6.07 Å². The first kappa shape index (κ1) is 19.9. The number of anilines is 1. The summed E-state index contributed by atoms with van der Waals surface area (Å²) >= 11 is 0. The zero-order valence-corrected chi connectivity index (χ0v) is 16.0. The van der Waals surface area contributed by atoms with E-state index in [2.05, 4.69) is 20.5 Å². The quantitative estimate of drug-likeness (QED) is 0.777. The minimum Gasteiger partial charge on any atom is -0.348 e. The van der Waals surface area contributed by atoms with Gasteiger partial charge in [-0.25, -0.2) is 4.39 Å². The van der Waals surface area contributed by atoms with Crippen LogP contribution in [-0.4, -0.2) is 41.3 Å². The highest BCUT2D eigenvalue weighted by Crippen LogP contribution is 2.18. The van der Waals surface area contributed by atoms with Crippen molar-refractivity contribution in [2.45, 2.75) is 26.3 Å². The summed E-state index contributed by atoms with van der Waals surface area (Å²) < 4.78 is 13.5. The average Bonchev–Trinajstić information content (AvgIpc) is 2.71. The Morgan fingerprint density at radius 1 is 1.14 bits per heavy atom. The Morgan fingerprint density at radius 2 is 1.86 bits per heavy atom. The largest absolute Gasteiger partial charge is 0.348 e. The number of rotatable bonds is 5. The van der Waals surface area contributed by atoms with Gasteiger partial charge in [0.05, 0.1) is 0 Å². The molecule has 148 valence electrons. The molecule has 0 aliphatic carbocycles. The molecule has 2 N–H and O–H groups in total. The number of halogens is 1. The molecule has 3 rings (SSSR count). The number of carbonyl (C=O) groups is 2. The third-order valence-corrected chi connectivity index (χ3v) is 5.05. The fourth-order valence-corrected chi connectivity index (χ4v) is 3.27. The molecular formula is C21H25FN4O2. The summed E-state index contributed by atoms with van der Waals surface area (Å²) in [7, 11) is 0. The van der Waals surface area contributed by atoms with Crippen LogP contribution in [0.2, 0.25) is 0 Å². The Kier molecular flexibility index (Phi) is 6.71. The fourth-order valence-electron chi connectivity index (χ4n) is 3.27. The lowest BCUT2D eigenvalue weighted by molar-refractivity contribution is -0.136. The lowest BCUT2D eigenvalue weighted by Crippen LogP contribution is -2.41. The minimum atomic E-state index is -0.779. The summed E-state index contributed by atoms with van der Waals surface area (Å²) in [6, 6.07) is 8.37. The second kappa shape index (κ2) is 9.41. The van der Waals surface area contributed by atoms with Gasteiger partial charge < -0.3 is 10.6 Å². The van der Waals surface area contributed by atoms with Crippen molar-refractivity contribution < 1.29 is 14.0 Å². The minimum absolute atomic E-state index is 0.271. The Morgan fingerprint density at radius 3 is 2.54 bits per heavy atom. The molecular weight excluding hydrogens is 359 g/mol. The van der Waals surface area contributed by atoms with Crippen LogP contribution >= 0.6 is 0 Å². The summed E-state index contributed by atoms with van der Waals surface area (Å²) in [5.41, 5.74) is 2.00.